The molecule has 0 spiro atoms. The number of hydrogen-bond acceptors (Lipinski definition) is 9. The number of thioether (sulfide) groups is 1. The van der Waals surface area contributed by atoms with Gasteiger partial charge in [-0.2, -0.15) is 4.68 Å². The van der Waals surface area contributed by atoms with Gasteiger partial charge in [0.15, 0.2) is 0 Å². The van der Waals surface area contributed by atoms with Gasteiger partial charge < -0.3 is 21.0 Å². The minimum absolute atomic E-state index is 0.0134. The molecule has 0 bridgehead atoms. The Morgan fingerprint density at radius 2 is 2.00 bits per heavy atom. The van der Waals surface area contributed by atoms with Crippen molar-refractivity contribution in [3.8, 4) is 0 Å². The average molecular weight is 407 g/mol. The van der Waals surface area contributed by atoms with Crippen LogP contribution >= 0.6 is 11.8 Å². The fourth-order valence-electron chi connectivity index (χ4n) is 2.10. The number of hydrogen-bond donors (Lipinski definition) is 3. The molecule has 0 aliphatic heterocycles. The Kier molecular flexibility index (Phi) is 7.09. The van der Waals surface area contributed by atoms with Crippen molar-refractivity contribution in [1.29, 1.82) is 0 Å². The summed E-state index contributed by atoms with van der Waals surface area (Å²) in [5.74, 6) is 3.35. The van der Waals surface area contributed by atoms with Gasteiger partial charge in [0.1, 0.15) is 5.69 Å². The molecule has 4 N–H and O–H groups in total. The number of aliphatic carboxylic acids is 1. The Hall–Kier alpha value is -3.41. The highest BCUT2D eigenvalue weighted by Gasteiger charge is 2.16. The quantitative estimate of drug-likeness (QED) is 0.305. The first-order chi connectivity index (χ1) is 13.3. The van der Waals surface area contributed by atoms with Gasteiger partial charge in [-0.3, -0.25) is 14.4 Å². The van der Waals surface area contributed by atoms with Gasteiger partial charge in [-0.15, -0.1) is 10.2 Å². The van der Waals surface area contributed by atoms with Crippen LogP contribution in [0, 0.1) is 0 Å². The van der Waals surface area contributed by atoms with E-state index in [1.165, 1.54) is 13.2 Å². The van der Waals surface area contributed by atoms with Crippen LogP contribution < -0.4 is 16.7 Å². The van der Waals surface area contributed by atoms with E-state index in [0.717, 1.165) is 11.8 Å². The molecule has 1 heterocycles. The Labute approximate surface area is 162 Å². The Morgan fingerprint density at radius 3 is 2.68 bits per heavy atom. The van der Waals surface area contributed by atoms with Crippen LogP contribution in [0.15, 0.2) is 34.2 Å². The molecule has 148 valence electrons. The highest BCUT2D eigenvalue weighted by atomic mass is 32.2. The minimum Gasteiger partial charge on any atom is -0.481 e. The number of aryl methyl sites for hydroxylation is 1. The number of nitrogens with two attached hydrogens (primary N) is 1. The van der Waals surface area contributed by atoms with Crippen LogP contribution in [0.2, 0.25) is 0 Å². The number of carboxylic acid groups (broad SMARTS) is 1. The van der Waals surface area contributed by atoms with E-state index in [9.17, 15) is 19.2 Å². The second-order valence-corrected chi connectivity index (χ2v) is 6.31. The monoisotopic (exact) mass is 407 g/mol. The van der Waals surface area contributed by atoms with Crippen LogP contribution in [0.25, 0.3) is 0 Å². The van der Waals surface area contributed by atoms with Crippen LogP contribution in [-0.2, 0) is 20.7 Å². The van der Waals surface area contributed by atoms with E-state index < -0.39 is 23.4 Å². The number of methoxy groups -OCH3 is 1. The first-order valence-electron chi connectivity index (χ1n) is 7.89. The summed E-state index contributed by atoms with van der Waals surface area (Å²) in [6.07, 6.45) is -0.382. The zero-order valence-corrected chi connectivity index (χ0v) is 15.6. The number of nitrogens with one attached hydrogen (secondary N) is 1. The topological polar surface area (TPSA) is 167 Å². The van der Waals surface area contributed by atoms with Gasteiger partial charge in [0.2, 0.25) is 11.1 Å². The lowest BCUT2D eigenvalue weighted by Gasteiger charge is -2.10. The third-order valence-electron chi connectivity index (χ3n) is 3.44. The number of para-hydroxylation sites is 1. The number of amides is 1. The van der Waals surface area contributed by atoms with Gasteiger partial charge in [-0.1, -0.05) is 23.9 Å². The molecule has 12 heteroatoms. The Bertz CT molecular complexity index is 961. The molecule has 1 amide bonds. The van der Waals surface area contributed by atoms with Gasteiger partial charge in [-0.05, 0) is 12.1 Å². The highest BCUT2D eigenvalue weighted by molar-refractivity contribution is 7.99. The largest absolute Gasteiger partial charge is 0.481 e. The molecule has 28 heavy (non-hydrogen) atoms. The summed E-state index contributed by atoms with van der Waals surface area (Å²) in [4.78, 5) is 46.5. The van der Waals surface area contributed by atoms with E-state index in [0.29, 0.717) is 4.68 Å². The summed E-state index contributed by atoms with van der Waals surface area (Å²) in [5.41, 5.74) is -0.289. The number of carboxylic acids is 1. The van der Waals surface area contributed by atoms with Crippen molar-refractivity contribution < 1.29 is 24.2 Å². The number of anilines is 1. The maximum Gasteiger partial charge on any atom is 0.339 e. The third kappa shape index (κ3) is 5.30. The van der Waals surface area contributed by atoms with Crippen molar-refractivity contribution in [2.24, 2.45) is 0 Å². The first kappa shape index (κ1) is 20.9. The number of rotatable bonds is 8. The molecule has 2 aromatic rings. The lowest BCUT2D eigenvalue weighted by molar-refractivity contribution is -0.137. The van der Waals surface area contributed by atoms with Crippen molar-refractivity contribution in [3.63, 3.8) is 0 Å². The number of nitrogens with zero attached hydrogens (tertiary/aromatic N) is 3. The molecule has 0 saturated heterocycles. The van der Waals surface area contributed by atoms with Gasteiger partial charge in [0.25, 0.3) is 5.56 Å². The molecule has 1 aromatic heterocycles. The zero-order valence-electron chi connectivity index (χ0n) is 14.7. The number of benzene rings is 1. The maximum absolute atomic E-state index is 12.2. The molecule has 0 atom stereocenters. The summed E-state index contributed by atoms with van der Waals surface area (Å²) < 4.78 is 5.37. The van der Waals surface area contributed by atoms with Crippen LogP contribution in [0.4, 0.5) is 5.69 Å². The van der Waals surface area contributed by atoms with E-state index in [1.54, 1.807) is 18.2 Å². The van der Waals surface area contributed by atoms with Gasteiger partial charge in [0, 0.05) is 6.42 Å². The fourth-order valence-corrected chi connectivity index (χ4v) is 2.75. The van der Waals surface area contributed by atoms with Crippen molar-refractivity contribution >= 4 is 35.3 Å². The van der Waals surface area contributed by atoms with Crippen LogP contribution in [0.3, 0.4) is 0 Å². The lowest BCUT2D eigenvalue weighted by Crippen LogP contribution is -2.34. The molecule has 2 rings (SSSR count). The summed E-state index contributed by atoms with van der Waals surface area (Å²) in [5, 5.41) is 18.7. The van der Waals surface area contributed by atoms with Gasteiger partial charge >= 0.3 is 11.9 Å². The van der Waals surface area contributed by atoms with E-state index in [4.69, 9.17) is 10.9 Å². The van der Waals surface area contributed by atoms with E-state index in [-0.39, 0.29) is 40.7 Å². The van der Waals surface area contributed by atoms with Crippen LogP contribution in [-0.4, -0.2) is 50.7 Å². The Morgan fingerprint density at radius 1 is 1.29 bits per heavy atom. The molecular formula is C16H17N5O6S. The summed E-state index contributed by atoms with van der Waals surface area (Å²) >= 11 is 0.861. The van der Waals surface area contributed by atoms with Crippen LogP contribution in [0.1, 0.15) is 22.5 Å². The molecule has 1 aromatic carbocycles. The zero-order chi connectivity index (χ0) is 20.7. The molecule has 0 unspecified atom stereocenters. The highest BCUT2D eigenvalue weighted by Crippen LogP contribution is 2.17. The summed E-state index contributed by atoms with van der Waals surface area (Å²) in [6.45, 7) is 0. The Balaban J connectivity index is 2.04. The molecular weight excluding hydrogens is 390 g/mol. The third-order valence-corrected chi connectivity index (χ3v) is 4.39. The molecule has 0 aliphatic carbocycles. The maximum atomic E-state index is 12.2. The number of carbonyl (C=O) groups is 3. The van der Waals surface area contributed by atoms with E-state index in [2.05, 4.69) is 20.3 Å². The smallest absolute Gasteiger partial charge is 0.339 e. The SMILES string of the molecule is COC(=O)c1ccccc1NC(=O)CSc1nnc(CCC(=O)O)c(=O)n1N. The normalized spacial score (nSPS) is 10.3. The fraction of sp³-hybridized carbons (Fsp3) is 0.250. The number of aromatic nitrogens is 3. The number of ether oxygens (including phenoxy) is 1. The number of nitrogen functional groups attached to an aromatic ring is 1. The summed E-state index contributed by atoms with van der Waals surface area (Å²) in [7, 11) is 1.23. The minimum atomic E-state index is -1.08. The molecule has 0 saturated carbocycles. The van der Waals surface area contributed by atoms with Crippen molar-refractivity contribution in [1.82, 2.24) is 14.9 Å². The number of carbonyl (C=O) groups excluding carboxylic acids is 2. The molecule has 0 aliphatic rings. The van der Waals surface area contributed by atoms with E-state index >= 15 is 0 Å². The second kappa shape index (κ2) is 9.50. The number of esters is 1. The molecule has 0 fully saturated rings. The average Bonchev–Trinajstić information content (AvgIpc) is 2.68. The van der Waals surface area contributed by atoms with E-state index in [1.807, 2.05) is 0 Å². The predicted molar refractivity (Wildman–Crippen MR) is 99.5 cm³/mol. The van der Waals surface area contributed by atoms with Gasteiger partial charge in [-0.25, -0.2) is 4.79 Å². The standard InChI is InChI=1S/C16H17N5O6S/c1-27-15(26)9-4-2-3-5-10(9)18-12(22)8-28-16-20-19-11(6-7-13(23)24)14(25)21(16)17/h2-5H,6-8,17H2,1H3,(H,18,22)(H,23,24). The molecule has 0 radical (unpaired) electrons. The van der Waals surface area contributed by atoms with Crippen LogP contribution in [0.5, 0.6) is 0 Å². The molecule has 11 nitrogen and oxygen atoms in total. The van der Waals surface area contributed by atoms with Crippen molar-refractivity contribution in [2.75, 3.05) is 24.0 Å². The van der Waals surface area contributed by atoms with Crippen molar-refractivity contribution in [3.05, 3.63) is 45.9 Å². The predicted octanol–water partition coefficient (Wildman–Crippen LogP) is -0.113. The van der Waals surface area contributed by atoms with Crippen molar-refractivity contribution in [2.45, 2.75) is 18.0 Å². The lowest BCUT2D eigenvalue weighted by atomic mass is 10.2. The first-order valence-corrected chi connectivity index (χ1v) is 8.87. The van der Waals surface area contributed by atoms with Gasteiger partial charge in [0.05, 0.1) is 30.5 Å². The summed E-state index contributed by atoms with van der Waals surface area (Å²) in [6, 6.07) is 6.33. The second-order valence-electron chi connectivity index (χ2n) is 5.37.